The Hall–Kier alpha value is -1.96. The first kappa shape index (κ1) is 20.8. The molecule has 0 aliphatic carbocycles. The van der Waals surface area contributed by atoms with Crippen LogP contribution in [0.5, 0.6) is 0 Å². The predicted molar refractivity (Wildman–Crippen MR) is 101 cm³/mol. The third-order valence-corrected chi connectivity index (χ3v) is 5.36. The number of halogens is 5. The van der Waals surface area contributed by atoms with Gasteiger partial charge in [0, 0.05) is 16.1 Å². The normalized spacial score (nSPS) is 14.5. The molecule has 0 aliphatic heterocycles. The Balaban J connectivity index is 2.42. The molecule has 2 N–H and O–H groups in total. The number of H-pyrrole nitrogens is 1. The molecule has 150 valence electrons. The van der Waals surface area contributed by atoms with E-state index in [0.29, 0.717) is 17.7 Å². The molecule has 0 saturated carbocycles. The van der Waals surface area contributed by atoms with Crippen LogP contribution in [0.3, 0.4) is 0 Å². The Morgan fingerprint density at radius 1 is 1.18 bits per heavy atom. The second-order valence-electron chi connectivity index (χ2n) is 6.54. The molecule has 0 saturated heterocycles. The number of rotatable bonds is 3. The van der Waals surface area contributed by atoms with Gasteiger partial charge in [-0.3, -0.25) is 0 Å². The maximum atomic E-state index is 14.1. The van der Waals surface area contributed by atoms with Gasteiger partial charge in [-0.1, -0.05) is 30.1 Å². The molecule has 9 heteroatoms. The SMILES string of the molecule is CCc1c(C)[nH]c(C(O)(c2cc3cc(Cl)cc(Cl)c3oc2=O)C(F)(F)F)c1C. The van der Waals surface area contributed by atoms with Crippen molar-refractivity contribution < 1.29 is 22.7 Å². The number of benzene rings is 1. The molecule has 0 spiro atoms. The maximum absolute atomic E-state index is 14.1. The summed E-state index contributed by atoms with van der Waals surface area (Å²) in [5.41, 5.74) is -5.21. The summed E-state index contributed by atoms with van der Waals surface area (Å²) in [5.74, 6) is 0. The van der Waals surface area contributed by atoms with Crippen LogP contribution >= 0.6 is 23.2 Å². The number of nitrogens with one attached hydrogen (secondary N) is 1. The number of aliphatic hydroxyl groups is 1. The van der Waals surface area contributed by atoms with Crippen LogP contribution in [0.4, 0.5) is 13.2 Å². The lowest BCUT2D eigenvalue weighted by atomic mass is 9.87. The zero-order valence-electron chi connectivity index (χ0n) is 15.1. The maximum Gasteiger partial charge on any atom is 0.427 e. The van der Waals surface area contributed by atoms with Crippen molar-refractivity contribution >= 4 is 34.2 Å². The highest BCUT2D eigenvalue weighted by Gasteiger charge is 2.60. The first-order chi connectivity index (χ1) is 12.9. The Kier molecular flexibility index (Phi) is 5.06. The Morgan fingerprint density at radius 2 is 1.82 bits per heavy atom. The third-order valence-electron chi connectivity index (χ3n) is 4.86. The molecule has 0 bridgehead atoms. The second kappa shape index (κ2) is 6.83. The molecule has 1 atom stereocenters. The van der Waals surface area contributed by atoms with Gasteiger partial charge >= 0.3 is 11.8 Å². The molecule has 0 aliphatic rings. The fourth-order valence-corrected chi connectivity index (χ4v) is 4.07. The van der Waals surface area contributed by atoms with E-state index in [1.54, 1.807) is 13.8 Å². The minimum atomic E-state index is -5.20. The summed E-state index contributed by atoms with van der Waals surface area (Å²) in [7, 11) is 0. The minimum absolute atomic E-state index is 0.0260. The molecule has 28 heavy (non-hydrogen) atoms. The van der Waals surface area contributed by atoms with Crippen LogP contribution in [-0.4, -0.2) is 16.3 Å². The van der Waals surface area contributed by atoms with Crippen LogP contribution in [0.1, 0.15) is 35.0 Å². The molecule has 4 nitrogen and oxygen atoms in total. The van der Waals surface area contributed by atoms with Crippen LogP contribution in [0.15, 0.2) is 27.4 Å². The number of hydrogen-bond donors (Lipinski definition) is 2. The van der Waals surface area contributed by atoms with E-state index in [4.69, 9.17) is 27.6 Å². The van der Waals surface area contributed by atoms with Crippen molar-refractivity contribution in [3.05, 3.63) is 66.7 Å². The zero-order valence-corrected chi connectivity index (χ0v) is 16.6. The number of hydrogen-bond acceptors (Lipinski definition) is 3. The van der Waals surface area contributed by atoms with Crippen LogP contribution in [0, 0.1) is 13.8 Å². The summed E-state index contributed by atoms with van der Waals surface area (Å²) in [6.07, 6.45) is -4.75. The zero-order chi connectivity index (χ0) is 21.0. The molecule has 2 aromatic heterocycles. The summed E-state index contributed by atoms with van der Waals surface area (Å²) in [6, 6.07) is 3.51. The van der Waals surface area contributed by atoms with Crippen LogP contribution < -0.4 is 5.63 Å². The van der Waals surface area contributed by atoms with Gasteiger partial charge in [0.25, 0.3) is 0 Å². The molecule has 3 rings (SSSR count). The number of aromatic nitrogens is 1. The molecule has 1 aromatic carbocycles. The highest BCUT2D eigenvalue weighted by atomic mass is 35.5. The Labute approximate surface area is 167 Å². The van der Waals surface area contributed by atoms with Crippen molar-refractivity contribution in [3.8, 4) is 0 Å². The van der Waals surface area contributed by atoms with Crippen LogP contribution in [0.25, 0.3) is 11.0 Å². The van der Waals surface area contributed by atoms with Crippen LogP contribution in [0.2, 0.25) is 10.0 Å². The number of alkyl halides is 3. The quantitative estimate of drug-likeness (QED) is 0.543. The standard InChI is InChI=1S/C19H16Cl2F3NO3/c1-4-12-8(2)16(25-9(12)3)18(27,19(22,23)24)13-6-10-5-11(20)7-14(21)15(10)28-17(13)26/h5-7,25,27H,4H2,1-3H3. The van der Waals surface area contributed by atoms with Crippen molar-refractivity contribution in [2.24, 2.45) is 0 Å². The van der Waals surface area contributed by atoms with Gasteiger partial charge in [0.2, 0.25) is 5.60 Å². The summed E-state index contributed by atoms with van der Waals surface area (Å²) in [4.78, 5) is 15.1. The van der Waals surface area contributed by atoms with Crippen molar-refractivity contribution in [2.75, 3.05) is 0 Å². The summed E-state index contributed by atoms with van der Waals surface area (Å²) in [6.45, 7) is 4.85. The van der Waals surface area contributed by atoms with E-state index >= 15 is 0 Å². The summed E-state index contributed by atoms with van der Waals surface area (Å²) >= 11 is 11.9. The van der Waals surface area contributed by atoms with Gasteiger partial charge < -0.3 is 14.5 Å². The van der Waals surface area contributed by atoms with Crippen molar-refractivity contribution in [1.82, 2.24) is 4.98 Å². The van der Waals surface area contributed by atoms with Crippen LogP contribution in [-0.2, 0) is 12.0 Å². The minimum Gasteiger partial charge on any atom is -0.421 e. The monoisotopic (exact) mass is 433 g/mol. The van der Waals surface area contributed by atoms with Crippen molar-refractivity contribution in [3.63, 3.8) is 0 Å². The highest BCUT2D eigenvalue weighted by molar-refractivity contribution is 6.38. The van der Waals surface area contributed by atoms with Gasteiger partial charge in [-0.25, -0.2) is 4.79 Å². The lowest BCUT2D eigenvalue weighted by Gasteiger charge is -2.30. The van der Waals surface area contributed by atoms with E-state index in [2.05, 4.69) is 4.98 Å². The Morgan fingerprint density at radius 3 is 2.36 bits per heavy atom. The average molecular weight is 434 g/mol. The molecule has 1 unspecified atom stereocenters. The third kappa shape index (κ3) is 3.02. The van der Waals surface area contributed by atoms with E-state index in [-0.39, 0.29) is 26.6 Å². The number of fused-ring (bicyclic) bond motifs is 1. The first-order valence-electron chi connectivity index (χ1n) is 8.32. The molecule has 3 aromatic rings. The topological polar surface area (TPSA) is 66.2 Å². The van der Waals surface area contributed by atoms with Gasteiger partial charge in [-0.2, -0.15) is 13.2 Å². The fraction of sp³-hybridized carbons (Fsp3) is 0.316. The van der Waals surface area contributed by atoms with Gasteiger partial charge in [0.1, 0.15) is 0 Å². The number of aromatic amines is 1. The summed E-state index contributed by atoms with van der Waals surface area (Å²) in [5, 5.41) is 11.1. The van der Waals surface area contributed by atoms with E-state index in [1.807, 2.05) is 0 Å². The van der Waals surface area contributed by atoms with Gasteiger partial charge in [0.15, 0.2) is 5.58 Å². The highest BCUT2D eigenvalue weighted by Crippen LogP contribution is 2.45. The summed E-state index contributed by atoms with van der Waals surface area (Å²) < 4.78 is 47.4. The lowest BCUT2D eigenvalue weighted by Crippen LogP contribution is -2.47. The first-order valence-corrected chi connectivity index (χ1v) is 9.08. The largest absolute Gasteiger partial charge is 0.427 e. The average Bonchev–Trinajstić information content (AvgIpc) is 2.87. The van der Waals surface area contributed by atoms with E-state index < -0.39 is 28.7 Å². The van der Waals surface area contributed by atoms with E-state index in [9.17, 15) is 23.1 Å². The molecule has 0 amide bonds. The molecule has 0 radical (unpaired) electrons. The molecule has 2 heterocycles. The van der Waals surface area contributed by atoms with E-state index in [1.165, 1.54) is 19.1 Å². The van der Waals surface area contributed by atoms with Gasteiger partial charge in [-0.15, -0.1) is 0 Å². The second-order valence-corrected chi connectivity index (χ2v) is 7.39. The predicted octanol–water partition coefficient (Wildman–Crippen LogP) is 5.41. The molecular weight excluding hydrogens is 418 g/mol. The molecular formula is C19H16Cl2F3NO3. The van der Waals surface area contributed by atoms with Gasteiger partial charge in [0.05, 0.1) is 16.3 Å². The number of aryl methyl sites for hydroxylation is 1. The fourth-order valence-electron chi connectivity index (χ4n) is 3.52. The smallest absolute Gasteiger partial charge is 0.421 e. The molecule has 0 fully saturated rings. The lowest BCUT2D eigenvalue weighted by molar-refractivity contribution is -0.250. The van der Waals surface area contributed by atoms with Crippen molar-refractivity contribution in [1.29, 1.82) is 0 Å². The van der Waals surface area contributed by atoms with Crippen molar-refractivity contribution in [2.45, 2.75) is 39.0 Å². The van der Waals surface area contributed by atoms with E-state index in [0.717, 1.165) is 6.07 Å². The Bertz CT molecular complexity index is 1130. The van der Waals surface area contributed by atoms with Gasteiger partial charge in [-0.05, 0) is 49.6 Å².